The number of nitrogens with one attached hydrogen (secondary N) is 1. The number of amides is 2. The maximum atomic E-state index is 12.2. The van der Waals surface area contributed by atoms with E-state index in [0.717, 1.165) is 18.4 Å². The van der Waals surface area contributed by atoms with Crippen molar-refractivity contribution in [2.45, 2.75) is 50.6 Å². The zero-order valence-corrected chi connectivity index (χ0v) is 17.7. The van der Waals surface area contributed by atoms with Crippen LogP contribution in [0.15, 0.2) is 30.3 Å². The highest BCUT2D eigenvalue weighted by Crippen LogP contribution is 2.41. The fourth-order valence-electron chi connectivity index (χ4n) is 4.67. The van der Waals surface area contributed by atoms with Crippen molar-refractivity contribution in [2.24, 2.45) is 0 Å². The molecule has 1 aromatic carbocycles. The molecule has 6 heteroatoms. The van der Waals surface area contributed by atoms with Gasteiger partial charge in [-0.2, -0.15) is 0 Å². The Bertz CT molecular complexity index is 757. The SMILES string of the molecule is CC(=O)N1[C@H](CO)[C@@H](c2ccc(C3=CCCCC3)cc2)[C@@H]1CNC(=O)CN(C)C. The molecule has 6 nitrogen and oxygen atoms in total. The molecule has 2 amide bonds. The molecule has 1 heterocycles. The van der Waals surface area contributed by atoms with Gasteiger partial charge in [0.1, 0.15) is 0 Å². The van der Waals surface area contributed by atoms with Gasteiger partial charge >= 0.3 is 0 Å². The molecule has 1 aliphatic heterocycles. The first-order valence-electron chi connectivity index (χ1n) is 10.5. The quantitative estimate of drug-likeness (QED) is 0.736. The number of nitrogens with zero attached hydrogens (tertiary/aromatic N) is 2. The van der Waals surface area contributed by atoms with E-state index in [-0.39, 0.29) is 36.4 Å². The van der Waals surface area contributed by atoms with E-state index < -0.39 is 0 Å². The maximum Gasteiger partial charge on any atom is 0.234 e. The molecule has 1 fully saturated rings. The zero-order valence-electron chi connectivity index (χ0n) is 17.7. The molecule has 2 N–H and O–H groups in total. The van der Waals surface area contributed by atoms with Crippen molar-refractivity contribution >= 4 is 17.4 Å². The van der Waals surface area contributed by atoms with E-state index in [1.54, 1.807) is 4.90 Å². The average molecular weight is 400 g/mol. The topological polar surface area (TPSA) is 72.9 Å². The Labute approximate surface area is 173 Å². The first kappa shape index (κ1) is 21.5. The summed E-state index contributed by atoms with van der Waals surface area (Å²) in [6.45, 7) is 2.14. The van der Waals surface area contributed by atoms with Crippen LogP contribution >= 0.6 is 0 Å². The summed E-state index contributed by atoms with van der Waals surface area (Å²) in [6, 6.07) is 8.14. The number of carbonyl (C=O) groups excluding carboxylic acids is 2. The average Bonchev–Trinajstić information content (AvgIpc) is 2.67. The molecule has 0 bridgehead atoms. The van der Waals surface area contributed by atoms with Crippen LogP contribution in [0.1, 0.15) is 49.7 Å². The number of likely N-dealkylation sites (N-methyl/N-ethyl adjacent to an activating group) is 1. The molecular weight excluding hydrogens is 366 g/mol. The highest BCUT2D eigenvalue weighted by Gasteiger charge is 2.49. The van der Waals surface area contributed by atoms with Gasteiger partial charge in [0.25, 0.3) is 0 Å². The second kappa shape index (κ2) is 9.55. The predicted octanol–water partition coefficient (Wildman–Crippen LogP) is 2.00. The standard InChI is InChI=1S/C23H33N3O3/c1-16(28)26-20(13-24-22(29)14-25(2)3)23(21(26)15-27)19-11-9-18(10-12-19)17-7-5-4-6-8-17/h7,9-12,20-21,23,27H,4-6,8,13-15H2,1-3H3,(H,24,29)/t20-,21+,23-/m0/s1. The summed E-state index contributed by atoms with van der Waals surface area (Å²) < 4.78 is 0. The molecule has 0 aromatic heterocycles. The van der Waals surface area contributed by atoms with Crippen molar-refractivity contribution in [3.8, 4) is 0 Å². The number of benzene rings is 1. The van der Waals surface area contributed by atoms with Crippen LogP contribution in [0.25, 0.3) is 5.57 Å². The summed E-state index contributed by atoms with van der Waals surface area (Å²) >= 11 is 0. The molecule has 2 aliphatic rings. The van der Waals surface area contributed by atoms with Gasteiger partial charge in [-0.3, -0.25) is 9.59 Å². The lowest BCUT2D eigenvalue weighted by Crippen LogP contribution is -2.68. The van der Waals surface area contributed by atoms with Gasteiger partial charge in [-0.25, -0.2) is 0 Å². The zero-order chi connectivity index (χ0) is 21.0. The van der Waals surface area contributed by atoms with Gasteiger partial charge in [0, 0.05) is 19.4 Å². The summed E-state index contributed by atoms with van der Waals surface area (Å²) in [6.07, 6.45) is 7.11. The summed E-state index contributed by atoms with van der Waals surface area (Å²) in [7, 11) is 3.69. The molecule has 3 rings (SSSR count). The Balaban J connectivity index is 1.75. The minimum absolute atomic E-state index is 0.0120. The lowest BCUT2D eigenvalue weighted by Gasteiger charge is -2.54. The number of aliphatic hydroxyl groups excluding tert-OH is 1. The normalized spacial score (nSPS) is 24.1. The molecule has 158 valence electrons. The smallest absolute Gasteiger partial charge is 0.234 e. The summed E-state index contributed by atoms with van der Waals surface area (Å²) in [5.41, 5.74) is 3.77. The van der Waals surface area contributed by atoms with Crippen LogP contribution in [0.5, 0.6) is 0 Å². The fourth-order valence-corrected chi connectivity index (χ4v) is 4.67. The van der Waals surface area contributed by atoms with Crippen LogP contribution < -0.4 is 5.32 Å². The second-order valence-corrected chi connectivity index (χ2v) is 8.41. The monoisotopic (exact) mass is 399 g/mol. The molecule has 0 radical (unpaired) electrons. The minimum Gasteiger partial charge on any atom is -0.394 e. The first-order valence-corrected chi connectivity index (χ1v) is 10.5. The largest absolute Gasteiger partial charge is 0.394 e. The Kier molecular flexibility index (Phi) is 7.09. The molecule has 3 atom stereocenters. The van der Waals surface area contributed by atoms with E-state index in [4.69, 9.17) is 0 Å². The van der Waals surface area contributed by atoms with Crippen LogP contribution in [0.4, 0.5) is 0 Å². The van der Waals surface area contributed by atoms with Gasteiger partial charge in [-0.05, 0) is 56.5 Å². The number of hydrogen-bond donors (Lipinski definition) is 2. The molecule has 0 spiro atoms. The van der Waals surface area contributed by atoms with Crippen molar-refractivity contribution in [1.82, 2.24) is 15.1 Å². The molecule has 1 aliphatic carbocycles. The Morgan fingerprint density at radius 1 is 1.17 bits per heavy atom. The third kappa shape index (κ3) is 4.87. The van der Waals surface area contributed by atoms with Crippen LogP contribution in [-0.2, 0) is 9.59 Å². The number of hydrogen-bond acceptors (Lipinski definition) is 4. The van der Waals surface area contributed by atoms with Crippen molar-refractivity contribution in [3.05, 3.63) is 41.5 Å². The second-order valence-electron chi connectivity index (χ2n) is 8.41. The predicted molar refractivity (Wildman–Crippen MR) is 114 cm³/mol. The van der Waals surface area contributed by atoms with Crippen LogP contribution in [-0.4, -0.2) is 72.6 Å². The number of aliphatic hydroxyl groups is 1. The van der Waals surface area contributed by atoms with Crippen molar-refractivity contribution in [2.75, 3.05) is 33.8 Å². The van der Waals surface area contributed by atoms with Crippen LogP contribution in [0, 0.1) is 0 Å². The number of carbonyl (C=O) groups is 2. The van der Waals surface area contributed by atoms with E-state index in [2.05, 4.69) is 35.7 Å². The Morgan fingerprint density at radius 3 is 2.45 bits per heavy atom. The lowest BCUT2D eigenvalue weighted by atomic mass is 9.74. The van der Waals surface area contributed by atoms with Crippen LogP contribution in [0.3, 0.4) is 0 Å². The maximum absolute atomic E-state index is 12.2. The highest BCUT2D eigenvalue weighted by molar-refractivity contribution is 5.79. The number of likely N-dealkylation sites (tertiary alicyclic amines) is 1. The van der Waals surface area contributed by atoms with E-state index >= 15 is 0 Å². The van der Waals surface area contributed by atoms with Crippen molar-refractivity contribution in [3.63, 3.8) is 0 Å². The molecule has 1 saturated heterocycles. The van der Waals surface area contributed by atoms with Crippen molar-refractivity contribution in [1.29, 1.82) is 0 Å². The van der Waals surface area contributed by atoms with Crippen molar-refractivity contribution < 1.29 is 14.7 Å². The Morgan fingerprint density at radius 2 is 1.90 bits per heavy atom. The number of rotatable bonds is 7. The van der Waals surface area contributed by atoms with E-state index in [9.17, 15) is 14.7 Å². The molecule has 0 unspecified atom stereocenters. The van der Waals surface area contributed by atoms with E-state index in [1.165, 1.54) is 30.9 Å². The minimum atomic E-state index is -0.247. The molecule has 1 aromatic rings. The molecule has 29 heavy (non-hydrogen) atoms. The third-order valence-corrected chi connectivity index (χ3v) is 6.02. The lowest BCUT2D eigenvalue weighted by molar-refractivity contribution is -0.148. The fraction of sp³-hybridized carbons (Fsp3) is 0.565. The summed E-state index contributed by atoms with van der Waals surface area (Å²) in [4.78, 5) is 27.7. The van der Waals surface area contributed by atoms with E-state index in [0.29, 0.717) is 13.1 Å². The van der Waals surface area contributed by atoms with Gasteiger partial charge in [0.05, 0.1) is 25.2 Å². The third-order valence-electron chi connectivity index (χ3n) is 6.02. The number of allylic oxidation sites excluding steroid dienone is 2. The van der Waals surface area contributed by atoms with Gasteiger partial charge in [-0.1, -0.05) is 30.3 Å². The Hall–Kier alpha value is -2.18. The van der Waals surface area contributed by atoms with Gasteiger partial charge in [-0.15, -0.1) is 0 Å². The van der Waals surface area contributed by atoms with Gasteiger partial charge < -0.3 is 20.2 Å². The summed E-state index contributed by atoms with van der Waals surface area (Å²) in [5, 5.41) is 12.9. The van der Waals surface area contributed by atoms with Crippen LogP contribution in [0.2, 0.25) is 0 Å². The first-order chi connectivity index (χ1) is 13.9. The highest BCUT2D eigenvalue weighted by atomic mass is 16.3. The van der Waals surface area contributed by atoms with Gasteiger partial charge in [0.2, 0.25) is 11.8 Å². The summed E-state index contributed by atoms with van der Waals surface area (Å²) in [5.74, 6) is -0.127. The molecular formula is C23H33N3O3. The van der Waals surface area contributed by atoms with Gasteiger partial charge in [0.15, 0.2) is 0 Å². The molecule has 0 saturated carbocycles. The van der Waals surface area contributed by atoms with E-state index in [1.807, 2.05) is 19.0 Å².